The molecule has 3 aromatic carbocycles. The van der Waals surface area contributed by atoms with E-state index in [1.165, 1.54) is 0 Å². The van der Waals surface area contributed by atoms with E-state index in [0.29, 0.717) is 17.8 Å². The van der Waals surface area contributed by atoms with Gasteiger partial charge in [0.05, 0.1) is 18.4 Å². The van der Waals surface area contributed by atoms with E-state index in [1.54, 1.807) is 36.8 Å². The summed E-state index contributed by atoms with van der Waals surface area (Å²) in [5.74, 6) is -0.487. The Kier molecular flexibility index (Phi) is 4.74. The van der Waals surface area contributed by atoms with Crippen LogP contribution in [-0.4, -0.2) is 21.2 Å². The third kappa shape index (κ3) is 3.93. The predicted octanol–water partition coefficient (Wildman–Crippen LogP) is 4.30. The number of carbonyl (C=O) groups is 1. The number of aromatic nitrogens is 2. The van der Waals surface area contributed by atoms with Crippen LogP contribution in [0, 0.1) is 0 Å². The highest BCUT2D eigenvalue weighted by atomic mass is 16.7. The molecule has 5 heteroatoms. The van der Waals surface area contributed by atoms with Crippen molar-refractivity contribution in [2.45, 2.75) is 6.54 Å². The summed E-state index contributed by atoms with van der Waals surface area (Å²) >= 11 is 0. The van der Waals surface area contributed by atoms with Crippen molar-refractivity contribution in [3.63, 3.8) is 0 Å². The fourth-order valence-electron chi connectivity index (χ4n) is 2.82. The van der Waals surface area contributed by atoms with Crippen LogP contribution < -0.4 is 0 Å². The summed E-state index contributed by atoms with van der Waals surface area (Å²) in [4.78, 5) is 21.5. The van der Waals surface area contributed by atoms with Crippen LogP contribution in [0.4, 0.5) is 0 Å². The van der Waals surface area contributed by atoms with Crippen molar-refractivity contribution in [1.82, 2.24) is 9.55 Å². The van der Waals surface area contributed by atoms with Crippen molar-refractivity contribution in [1.29, 1.82) is 0 Å². The Hall–Kier alpha value is -3.73. The highest BCUT2D eigenvalue weighted by Crippen LogP contribution is 2.17. The Morgan fingerprint density at radius 2 is 1.70 bits per heavy atom. The minimum absolute atomic E-state index is 0.445. The molecule has 0 amide bonds. The lowest BCUT2D eigenvalue weighted by molar-refractivity contribution is 0.0515. The second-order valence-electron chi connectivity index (χ2n) is 6.08. The molecule has 4 aromatic rings. The maximum absolute atomic E-state index is 12.2. The van der Waals surface area contributed by atoms with Gasteiger partial charge in [0.2, 0.25) is 0 Å². The summed E-state index contributed by atoms with van der Waals surface area (Å²) in [6, 6.07) is 23.0. The molecule has 1 heterocycles. The maximum Gasteiger partial charge on any atom is 0.365 e. The summed E-state index contributed by atoms with van der Waals surface area (Å²) < 4.78 is 1.88. The maximum atomic E-state index is 12.2. The average molecular weight is 355 g/mol. The smallest absolute Gasteiger partial charge is 0.331 e. The second-order valence-corrected chi connectivity index (χ2v) is 6.08. The van der Waals surface area contributed by atoms with Crippen molar-refractivity contribution in [2.75, 3.05) is 0 Å². The minimum Gasteiger partial charge on any atom is -0.331 e. The molecule has 0 saturated heterocycles. The first-order valence-electron chi connectivity index (χ1n) is 8.58. The molecular formula is C22H17N3O2. The molecule has 0 N–H and O–H groups in total. The Morgan fingerprint density at radius 1 is 0.926 bits per heavy atom. The molecular weight excluding hydrogens is 338 g/mol. The van der Waals surface area contributed by atoms with E-state index < -0.39 is 5.97 Å². The van der Waals surface area contributed by atoms with Gasteiger partial charge in [-0.15, -0.1) is 0 Å². The summed E-state index contributed by atoms with van der Waals surface area (Å²) in [5, 5.41) is 6.41. The number of imidazole rings is 1. The molecule has 1 aromatic heterocycles. The van der Waals surface area contributed by atoms with Crippen molar-refractivity contribution in [3.05, 3.63) is 103 Å². The van der Waals surface area contributed by atoms with Crippen molar-refractivity contribution in [2.24, 2.45) is 5.16 Å². The third-order valence-corrected chi connectivity index (χ3v) is 4.22. The SMILES string of the molecule is O=C(O/N=C(\Cn1ccnc1)c1ccc2ccccc2c1)c1ccccc1. The lowest BCUT2D eigenvalue weighted by Crippen LogP contribution is -2.13. The van der Waals surface area contributed by atoms with Gasteiger partial charge in [0.15, 0.2) is 0 Å². The number of benzene rings is 3. The topological polar surface area (TPSA) is 56.5 Å². The van der Waals surface area contributed by atoms with Gasteiger partial charge >= 0.3 is 5.97 Å². The van der Waals surface area contributed by atoms with Gasteiger partial charge in [-0.25, -0.2) is 9.78 Å². The number of hydrogen-bond acceptors (Lipinski definition) is 4. The zero-order chi connectivity index (χ0) is 18.5. The Labute approximate surface area is 156 Å². The van der Waals surface area contributed by atoms with Crippen LogP contribution in [0.15, 0.2) is 96.7 Å². The van der Waals surface area contributed by atoms with E-state index in [-0.39, 0.29) is 0 Å². The van der Waals surface area contributed by atoms with Gasteiger partial charge in [-0.1, -0.05) is 59.8 Å². The van der Waals surface area contributed by atoms with Crippen LogP contribution in [0.3, 0.4) is 0 Å². The first kappa shape index (κ1) is 16.7. The highest BCUT2D eigenvalue weighted by Gasteiger charge is 2.10. The largest absolute Gasteiger partial charge is 0.365 e. The van der Waals surface area contributed by atoms with Crippen LogP contribution in [-0.2, 0) is 11.4 Å². The van der Waals surface area contributed by atoms with Crippen LogP contribution in [0.25, 0.3) is 10.8 Å². The molecule has 0 saturated carbocycles. The van der Waals surface area contributed by atoms with Gasteiger partial charge in [0, 0.05) is 18.0 Å². The molecule has 0 radical (unpaired) electrons. The van der Waals surface area contributed by atoms with E-state index >= 15 is 0 Å². The van der Waals surface area contributed by atoms with Crippen LogP contribution in [0.2, 0.25) is 0 Å². The minimum atomic E-state index is -0.487. The van der Waals surface area contributed by atoms with Crippen molar-refractivity contribution >= 4 is 22.5 Å². The van der Waals surface area contributed by atoms with Gasteiger partial charge in [-0.05, 0) is 29.0 Å². The van der Waals surface area contributed by atoms with Gasteiger partial charge < -0.3 is 9.40 Å². The number of oxime groups is 1. The number of rotatable bonds is 5. The first-order valence-corrected chi connectivity index (χ1v) is 8.58. The van der Waals surface area contributed by atoms with E-state index in [9.17, 15) is 4.79 Å². The number of nitrogens with zero attached hydrogens (tertiary/aromatic N) is 3. The number of fused-ring (bicyclic) bond motifs is 1. The molecule has 0 unspecified atom stereocenters. The fourth-order valence-corrected chi connectivity index (χ4v) is 2.82. The van der Waals surface area contributed by atoms with Gasteiger partial charge in [-0.2, -0.15) is 0 Å². The standard InChI is InChI=1S/C22H17N3O2/c26-22(18-7-2-1-3-8-18)27-24-21(15-25-13-12-23-16-25)20-11-10-17-6-4-5-9-19(17)14-20/h1-14,16H,15H2/b24-21+. The van der Waals surface area contributed by atoms with E-state index in [4.69, 9.17) is 4.84 Å². The zero-order valence-electron chi connectivity index (χ0n) is 14.5. The van der Waals surface area contributed by atoms with E-state index in [0.717, 1.165) is 16.3 Å². The molecule has 27 heavy (non-hydrogen) atoms. The first-order chi connectivity index (χ1) is 13.3. The van der Waals surface area contributed by atoms with Crippen molar-refractivity contribution in [3.8, 4) is 0 Å². The molecule has 132 valence electrons. The Balaban J connectivity index is 1.66. The fraction of sp³-hybridized carbons (Fsp3) is 0.0455. The predicted molar refractivity (Wildman–Crippen MR) is 105 cm³/mol. The van der Waals surface area contributed by atoms with E-state index in [2.05, 4.69) is 16.2 Å². The molecule has 0 aliphatic heterocycles. The monoisotopic (exact) mass is 355 g/mol. The molecule has 0 spiro atoms. The summed E-state index contributed by atoms with van der Waals surface area (Å²) in [6.07, 6.45) is 5.25. The quantitative estimate of drug-likeness (QED) is 0.305. The molecule has 5 nitrogen and oxygen atoms in total. The molecule has 0 bridgehead atoms. The van der Waals surface area contributed by atoms with Crippen LogP contribution in [0.5, 0.6) is 0 Å². The Bertz CT molecular complexity index is 1090. The summed E-state index contributed by atoms with van der Waals surface area (Å²) in [5.41, 5.74) is 1.99. The molecule has 0 atom stereocenters. The summed E-state index contributed by atoms with van der Waals surface area (Å²) in [7, 11) is 0. The normalized spacial score (nSPS) is 11.5. The molecule has 4 rings (SSSR count). The lowest BCUT2D eigenvalue weighted by Gasteiger charge is -2.09. The zero-order valence-corrected chi connectivity index (χ0v) is 14.5. The van der Waals surface area contributed by atoms with Gasteiger partial charge in [-0.3, -0.25) is 0 Å². The average Bonchev–Trinajstić information content (AvgIpc) is 3.24. The number of hydrogen-bond donors (Lipinski definition) is 0. The number of carbonyl (C=O) groups excluding carboxylic acids is 1. The highest BCUT2D eigenvalue weighted by molar-refractivity contribution is 6.03. The Morgan fingerprint density at radius 3 is 2.48 bits per heavy atom. The third-order valence-electron chi connectivity index (χ3n) is 4.22. The molecule has 0 aliphatic carbocycles. The van der Waals surface area contributed by atoms with Gasteiger partial charge in [0.25, 0.3) is 0 Å². The molecule has 0 fully saturated rings. The molecule has 0 aliphatic rings. The summed E-state index contributed by atoms with van der Waals surface area (Å²) in [6.45, 7) is 0.445. The van der Waals surface area contributed by atoms with Crippen molar-refractivity contribution < 1.29 is 9.63 Å². The second kappa shape index (κ2) is 7.66. The van der Waals surface area contributed by atoms with E-state index in [1.807, 2.05) is 53.2 Å². The van der Waals surface area contributed by atoms with Gasteiger partial charge in [0.1, 0.15) is 5.71 Å². The van der Waals surface area contributed by atoms with Crippen LogP contribution >= 0.6 is 0 Å². The van der Waals surface area contributed by atoms with Crippen LogP contribution in [0.1, 0.15) is 15.9 Å². The lowest BCUT2D eigenvalue weighted by atomic mass is 10.0.